The average Bonchev–Trinajstić information content (AvgIpc) is 2.49. The van der Waals surface area contributed by atoms with Crippen molar-refractivity contribution in [2.75, 3.05) is 33.8 Å². The number of nitrogens with one attached hydrogen (secondary N) is 1. The lowest BCUT2D eigenvalue weighted by atomic mass is 10.2. The zero-order valence-corrected chi connectivity index (χ0v) is 13.4. The molecule has 0 aromatic heterocycles. The van der Waals surface area contributed by atoms with Gasteiger partial charge in [0, 0.05) is 26.6 Å². The van der Waals surface area contributed by atoms with Gasteiger partial charge in [-0.05, 0) is 25.6 Å². The second-order valence-electron chi connectivity index (χ2n) is 4.79. The van der Waals surface area contributed by atoms with E-state index < -0.39 is 0 Å². The number of nitrogens with zero attached hydrogens (tertiary/aromatic N) is 1. The SMILES string of the molecule is CNC(=O)CCN(C)CCCOc1ccccc1C(N)=S. The molecule has 116 valence electrons. The molecular formula is C15H23N3O2S. The molecule has 0 radical (unpaired) electrons. The molecule has 0 spiro atoms. The summed E-state index contributed by atoms with van der Waals surface area (Å²) in [4.78, 5) is 13.6. The number of hydrogen-bond donors (Lipinski definition) is 2. The van der Waals surface area contributed by atoms with E-state index in [9.17, 15) is 4.79 Å². The molecule has 0 saturated carbocycles. The fourth-order valence-corrected chi connectivity index (χ4v) is 2.01. The fourth-order valence-electron chi connectivity index (χ4n) is 1.84. The number of thiocarbonyl (C=S) groups is 1. The van der Waals surface area contributed by atoms with Gasteiger partial charge in [-0.15, -0.1) is 0 Å². The highest BCUT2D eigenvalue weighted by Gasteiger charge is 2.06. The molecule has 5 nitrogen and oxygen atoms in total. The second-order valence-corrected chi connectivity index (χ2v) is 5.23. The van der Waals surface area contributed by atoms with Crippen molar-refractivity contribution in [3.05, 3.63) is 29.8 Å². The van der Waals surface area contributed by atoms with Gasteiger partial charge in [-0.25, -0.2) is 0 Å². The van der Waals surface area contributed by atoms with Crippen molar-refractivity contribution in [1.82, 2.24) is 10.2 Å². The highest BCUT2D eigenvalue weighted by Crippen LogP contribution is 2.17. The molecule has 0 saturated heterocycles. The number of ether oxygens (including phenoxy) is 1. The molecule has 3 N–H and O–H groups in total. The van der Waals surface area contributed by atoms with Crippen LogP contribution in [-0.2, 0) is 4.79 Å². The smallest absolute Gasteiger partial charge is 0.221 e. The molecule has 0 heterocycles. The Morgan fingerprint density at radius 3 is 2.76 bits per heavy atom. The van der Waals surface area contributed by atoms with Gasteiger partial charge < -0.3 is 20.7 Å². The van der Waals surface area contributed by atoms with Gasteiger partial charge in [-0.2, -0.15) is 0 Å². The van der Waals surface area contributed by atoms with E-state index in [1.165, 1.54) is 0 Å². The van der Waals surface area contributed by atoms with Gasteiger partial charge in [0.15, 0.2) is 0 Å². The molecule has 1 rings (SSSR count). The Balaban J connectivity index is 2.28. The van der Waals surface area contributed by atoms with E-state index in [0.29, 0.717) is 18.0 Å². The quantitative estimate of drug-likeness (QED) is 0.529. The van der Waals surface area contributed by atoms with Crippen LogP contribution in [-0.4, -0.2) is 49.6 Å². The summed E-state index contributed by atoms with van der Waals surface area (Å²) in [6.45, 7) is 2.19. The maximum absolute atomic E-state index is 11.1. The predicted molar refractivity (Wildman–Crippen MR) is 88.6 cm³/mol. The molecular weight excluding hydrogens is 286 g/mol. The first-order chi connectivity index (χ1) is 10.0. The zero-order chi connectivity index (χ0) is 15.7. The minimum absolute atomic E-state index is 0.0588. The number of rotatable bonds is 9. The third kappa shape index (κ3) is 6.55. The summed E-state index contributed by atoms with van der Waals surface area (Å²) in [6.07, 6.45) is 1.38. The van der Waals surface area contributed by atoms with Crippen LogP contribution in [0.15, 0.2) is 24.3 Å². The van der Waals surface area contributed by atoms with Crippen LogP contribution in [0.2, 0.25) is 0 Å². The third-order valence-corrected chi connectivity index (χ3v) is 3.31. The first-order valence-electron chi connectivity index (χ1n) is 6.95. The van der Waals surface area contributed by atoms with E-state index in [1.807, 2.05) is 31.3 Å². The van der Waals surface area contributed by atoms with Crippen molar-refractivity contribution >= 4 is 23.1 Å². The van der Waals surface area contributed by atoms with Gasteiger partial charge in [0.2, 0.25) is 5.91 Å². The van der Waals surface area contributed by atoms with Gasteiger partial charge >= 0.3 is 0 Å². The number of para-hydroxylation sites is 1. The molecule has 0 atom stereocenters. The molecule has 0 fully saturated rings. The maximum Gasteiger partial charge on any atom is 0.221 e. The fraction of sp³-hybridized carbons (Fsp3) is 0.467. The minimum Gasteiger partial charge on any atom is -0.493 e. The molecule has 0 unspecified atom stereocenters. The van der Waals surface area contributed by atoms with Crippen LogP contribution in [0.1, 0.15) is 18.4 Å². The van der Waals surface area contributed by atoms with Crippen molar-refractivity contribution in [1.29, 1.82) is 0 Å². The molecule has 0 aliphatic carbocycles. The number of amides is 1. The lowest BCUT2D eigenvalue weighted by Gasteiger charge is -2.16. The Morgan fingerprint density at radius 2 is 2.10 bits per heavy atom. The normalized spacial score (nSPS) is 10.4. The average molecular weight is 309 g/mol. The summed E-state index contributed by atoms with van der Waals surface area (Å²) < 4.78 is 5.72. The Kier molecular flexibility index (Phi) is 7.71. The highest BCUT2D eigenvalue weighted by atomic mass is 32.1. The van der Waals surface area contributed by atoms with E-state index in [2.05, 4.69) is 10.2 Å². The second kappa shape index (κ2) is 9.31. The summed E-state index contributed by atoms with van der Waals surface area (Å²) in [7, 11) is 3.64. The highest BCUT2D eigenvalue weighted by molar-refractivity contribution is 7.80. The van der Waals surface area contributed by atoms with Crippen LogP contribution in [0.5, 0.6) is 5.75 Å². The first kappa shape index (κ1) is 17.4. The van der Waals surface area contributed by atoms with Crippen LogP contribution in [0.3, 0.4) is 0 Å². The number of carbonyl (C=O) groups excluding carboxylic acids is 1. The molecule has 0 aliphatic heterocycles. The van der Waals surface area contributed by atoms with Crippen LogP contribution in [0.4, 0.5) is 0 Å². The van der Waals surface area contributed by atoms with E-state index in [1.54, 1.807) is 7.05 Å². The number of benzene rings is 1. The van der Waals surface area contributed by atoms with Gasteiger partial charge in [0.05, 0.1) is 12.2 Å². The maximum atomic E-state index is 11.1. The molecule has 0 bridgehead atoms. The monoisotopic (exact) mass is 309 g/mol. The molecule has 0 aliphatic rings. The Labute approximate surface area is 131 Å². The van der Waals surface area contributed by atoms with Crippen molar-refractivity contribution in [2.45, 2.75) is 12.8 Å². The number of hydrogen-bond acceptors (Lipinski definition) is 4. The van der Waals surface area contributed by atoms with Crippen LogP contribution < -0.4 is 15.8 Å². The van der Waals surface area contributed by atoms with Crippen LogP contribution in [0.25, 0.3) is 0 Å². The summed E-state index contributed by atoms with van der Waals surface area (Å²) in [6, 6.07) is 7.50. The summed E-state index contributed by atoms with van der Waals surface area (Å²) in [5, 5.41) is 2.61. The molecule has 1 aromatic rings. The van der Waals surface area contributed by atoms with Crippen molar-refractivity contribution < 1.29 is 9.53 Å². The third-order valence-electron chi connectivity index (χ3n) is 3.09. The van der Waals surface area contributed by atoms with E-state index in [0.717, 1.165) is 30.8 Å². The summed E-state index contributed by atoms with van der Waals surface area (Å²) in [5.41, 5.74) is 6.42. The topological polar surface area (TPSA) is 67.6 Å². The zero-order valence-electron chi connectivity index (χ0n) is 12.6. The van der Waals surface area contributed by atoms with Crippen molar-refractivity contribution in [2.24, 2.45) is 5.73 Å². The molecule has 21 heavy (non-hydrogen) atoms. The lowest BCUT2D eigenvalue weighted by Crippen LogP contribution is -2.27. The minimum atomic E-state index is 0.0588. The van der Waals surface area contributed by atoms with E-state index in [4.69, 9.17) is 22.7 Å². The summed E-state index contributed by atoms with van der Waals surface area (Å²) >= 11 is 4.99. The largest absolute Gasteiger partial charge is 0.493 e. The predicted octanol–water partition coefficient (Wildman–Crippen LogP) is 1.16. The van der Waals surface area contributed by atoms with E-state index in [-0.39, 0.29) is 5.91 Å². The lowest BCUT2D eigenvalue weighted by molar-refractivity contribution is -0.120. The van der Waals surface area contributed by atoms with Gasteiger partial charge in [-0.3, -0.25) is 4.79 Å². The van der Waals surface area contributed by atoms with Crippen molar-refractivity contribution in [3.8, 4) is 5.75 Å². The number of nitrogens with two attached hydrogens (primary N) is 1. The Morgan fingerprint density at radius 1 is 1.38 bits per heavy atom. The van der Waals surface area contributed by atoms with E-state index >= 15 is 0 Å². The standard InChI is InChI=1S/C15H23N3O2S/c1-17-14(19)8-10-18(2)9-5-11-20-13-7-4-3-6-12(13)15(16)21/h3-4,6-7H,5,8-11H2,1-2H3,(H2,16,21)(H,17,19). The molecule has 6 heteroatoms. The van der Waals surface area contributed by atoms with Gasteiger partial charge in [0.1, 0.15) is 10.7 Å². The van der Waals surface area contributed by atoms with Gasteiger partial charge in [-0.1, -0.05) is 24.4 Å². The Hall–Kier alpha value is -1.66. The van der Waals surface area contributed by atoms with Gasteiger partial charge in [0.25, 0.3) is 0 Å². The summed E-state index contributed by atoms with van der Waals surface area (Å²) in [5.74, 6) is 0.779. The van der Waals surface area contributed by atoms with Crippen LogP contribution in [0, 0.1) is 0 Å². The van der Waals surface area contributed by atoms with Crippen LogP contribution >= 0.6 is 12.2 Å². The van der Waals surface area contributed by atoms with Crippen molar-refractivity contribution in [3.63, 3.8) is 0 Å². The molecule has 1 amide bonds. The number of carbonyl (C=O) groups is 1. The first-order valence-corrected chi connectivity index (χ1v) is 7.36. The molecule has 1 aromatic carbocycles. The Bertz CT molecular complexity index is 480.